The molecular weight excluding hydrogens is 438 g/mol. The lowest BCUT2D eigenvalue weighted by Gasteiger charge is -2.19. The predicted molar refractivity (Wildman–Crippen MR) is 145 cm³/mol. The lowest BCUT2D eigenvalue weighted by Crippen LogP contribution is -2.22. The number of nitrogens with one attached hydrogen (secondary N) is 1. The van der Waals surface area contributed by atoms with Gasteiger partial charge in [-0.15, -0.1) is 0 Å². The molecule has 1 amide bonds. The molecule has 0 saturated heterocycles. The minimum atomic E-state index is -0.368. The molecule has 2 aromatic carbocycles. The molecule has 2 rings (SSSR count). The van der Waals surface area contributed by atoms with Gasteiger partial charge in [0, 0.05) is 11.8 Å². The van der Waals surface area contributed by atoms with Gasteiger partial charge in [-0.1, -0.05) is 101 Å². The Balaban J connectivity index is 1.79. The highest BCUT2D eigenvalue weighted by Gasteiger charge is 2.15. The van der Waals surface area contributed by atoms with Gasteiger partial charge < -0.3 is 9.47 Å². The number of unbranched alkanes of at least 4 members (excludes halogenated alkanes) is 10. The molecule has 0 bridgehead atoms. The third-order valence-electron chi connectivity index (χ3n) is 6.56. The van der Waals surface area contributed by atoms with E-state index in [-0.39, 0.29) is 18.2 Å². The van der Waals surface area contributed by atoms with Crippen molar-refractivity contribution in [3.63, 3.8) is 0 Å². The van der Waals surface area contributed by atoms with Crippen molar-refractivity contribution < 1.29 is 19.1 Å². The van der Waals surface area contributed by atoms with Gasteiger partial charge in [0.15, 0.2) is 0 Å². The average molecular weight is 484 g/mol. The quantitative estimate of drug-likeness (QED) is 0.170. The summed E-state index contributed by atoms with van der Waals surface area (Å²) in [5.74, 6) is -0.134. The first-order valence-electron chi connectivity index (χ1n) is 13.7. The lowest BCUT2D eigenvalue weighted by atomic mass is 10.0. The fourth-order valence-electron chi connectivity index (χ4n) is 4.49. The van der Waals surface area contributed by atoms with E-state index in [2.05, 4.69) is 12.2 Å². The fraction of sp³-hybridized carbons (Fsp3) is 0.600. The first kappa shape index (κ1) is 28.7. The fourth-order valence-corrected chi connectivity index (χ4v) is 4.49. The maximum absolute atomic E-state index is 12.8. The number of hydrogen-bond donors (Lipinski definition) is 1. The number of ether oxygens (including phenoxy) is 2. The van der Waals surface area contributed by atoms with Crippen molar-refractivity contribution in [2.45, 2.75) is 109 Å². The number of benzene rings is 2. The SMILES string of the molecule is CCCCCCCCCC(CCCCCCCC(=O)OC)OC(=O)Nc1cccc2ccccc12. The van der Waals surface area contributed by atoms with Gasteiger partial charge in [0.25, 0.3) is 0 Å². The molecule has 0 heterocycles. The second-order valence-corrected chi connectivity index (χ2v) is 9.47. The van der Waals surface area contributed by atoms with Crippen LogP contribution >= 0.6 is 0 Å². The van der Waals surface area contributed by atoms with Gasteiger partial charge in [-0.25, -0.2) is 4.79 Å². The van der Waals surface area contributed by atoms with Gasteiger partial charge in [-0.2, -0.15) is 0 Å². The minimum absolute atomic E-state index is 0.0595. The summed E-state index contributed by atoms with van der Waals surface area (Å²) in [7, 11) is 1.43. The predicted octanol–water partition coefficient (Wildman–Crippen LogP) is 8.80. The number of hydrogen-bond acceptors (Lipinski definition) is 4. The van der Waals surface area contributed by atoms with Crippen LogP contribution in [0.2, 0.25) is 0 Å². The van der Waals surface area contributed by atoms with Crippen LogP contribution in [0.4, 0.5) is 10.5 Å². The molecule has 0 aromatic heterocycles. The molecule has 1 atom stereocenters. The maximum atomic E-state index is 12.8. The zero-order valence-corrected chi connectivity index (χ0v) is 21.9. The number of methoxy groups -OCH3 is 1. The van der Waals surface area contributed by atoms with E-state index in [0.29, 0.717) is 6.42 Å². The van der Waals surface area contributed by atoms with Crippen LogP contribution in [0, 0.1) is 0 Å². The Kier molecular flexibility index (Phi) is 14.6. The summed E-state index contributed by atoms with van der Waals surface area (Å²) in [6.45, 7) is 2.24. The topological polar surface area (TPSA) is 64.6 Å². The van der Waals surface area contributed by atoms with E-state index in [4.69, 9.17) is 9.47 Å². The zero-order valence-electron chi connectivity index (χ0n) is 21.9. The lowest BCUT2D eigenvalue weighted by molar-refractivity contribution is -0.140. The zero-order chi connectivity index (χ0) is 25.1. The summed E-state index contributed by atoms with van der Waals surface area (Å²) in [5.41, 5.74) is 0.786. The molecule has 35 heavy (non-hydrogen) atoms. The molecule has 0 saturated carbocycles. The van der Waals surface area contributed by atoms with Gasteiger partial charge in [0.2, 0.25) is 0 Å². The molecule has 2 aromatic rings. The third kappa shape index (κ3) is 12.1. The van der Waals surface area contributed by atoms with E-state index < -0.39 is 0 Å². The Morgan fingerprint density at radius 1 is 0.771 bits per heavy atom. The second-order valence-electron chi connectivity index (χ2n) is 9.47. The van der Waals surface area contributed by atoms with Crippen LogP contribution < -0.4 is 5.32 Å². The summed E-state index contributed by atoms with van der Waals surface area (Å²) in [5, 5.41) is 5.08. The van der Waals surface area contributed by atoms with E-state index in [1.165, 1.54) is 45.6 Å². The van der Waals surface area contributed by atoms with Crippen LogP contribution in [0.25, 0.3) is 10.8 Å². The van der Waals surface area contributed by atoms with Gasteiger partial charge >= 0.3 is 12.1 Å². The van der Waals surface area contributed by atoms with E-state index >= 15 is 0 Å². The normalized spacial score (nSPS) is 11.8. The Morgan fingerprint density at radius 2 is 1.37 bits per heavy atom. The van der Waals surface area contributed by atoms with Crippen molar-refractivity contribution in [3.8, 4) is 0 Å². The first-order chi connectivity index (χ1) is 17.1. The van der Waals surface area contributed by atoms with Crippen molar-refractivity contribution in [1.29, 1.82) is 0 Å². The molecule has 0 radical (unpaired) electrons. The third-order valence-corrected chi connectivity index (χ3v) is 6.56. The molecule has 0 fully saturated rings. The van der Waals surface area contributed by atoms with E-state index in [9.17, 15) is 9.59 Å². The van der Waals surface area contributed by atoms with E-state index in [1.807, 2.05) is 42.5 Å². The Morgan fingerprint density at radius 3 is 2.06 bits per heavy atom. The highest BCUT2D eigenvalue weighted by molar-refractivity contribution is 6.00. The van der Waals surface area contributed by atoms with Crippen LogP contribution in [0.3, 0.4) is 0 Å². The van der Waals surface area contributed by atoms with Gasteiger partial charge in [-0.3, -0.25) is 10.1 Å². The molecule has 0 spiro atoms. The van der Waals surface area contributed by atoms with Crippen molar-refractivity contribution in [2.75, 3.05) is 12.4 Å². The highest BCUT2D eigenvalue weighted by atomic mass is 16.6. The Hall–Kier alpha value is -2.56. The Bertz CT molecular complexity index is 861. The van der Waals surface area contributed by atoms with Crippen LogP contribution in [0.1, 0.15) is 103 Å². The number of esters is 1. The molecule has 194 valence electrons. The van der Waals surface area contributed by atoms with Crippen molar-refractivity contribution in [1.82, 2.24) is 0 Å². The largest absolute Gasteiger partial charge is 0.469 e. The van der Waals surface area contributed by atoms with Gasteiger partial charge in [-0.05, 0) is 43.6 Å². The van der Waals surface area contributed by atoms with Gasteiger partial charge in [0.1, 0.15) is 6.10 Å². The number of amides is 1. The monoisotopic (exact) mass is 483 g/mol. The maximum Gasteiger partial charge on any atom is 0.411 e. The summed E-state index contributed by atoms with van der Waals surface area (Å²) in [4.78, 5) is 24.0. The number of fused-ring (bicyclic) bond motifs is 1. The molecular formula is C30H45NO4. The van der Waals surface area contributed by atoms with Crippen molar-refractivity contribution in [3.05, 3.63) is 42.5 Å². The van der Waals surface area contributed by atoms with Crippen LogP contribution in [-0.4, -0.2) is 25.3 Å². The summed E-state index contributed by atoms with van der Waals surface area (Å²) < 4.78 is 10.6. The molecule has 0 aliphatic heterocycles. The standard InChI is InChI=1S/C30H45NO4/c1-3-4-5-6-7-9-12-20-26(21-13-10-8-11-14-24-29(32)34-2)35-30(33)31-28-23-17-19-25-18-15-16-22-27(25)28/h15-19,22-23,26H,3-14,20-21,24H2,1-2H3,(H,31,33). The molecule has 5 heteroatoms. The number of rotatable bonds is 18. The van der Waals surface area contributed by atoms with Crippen molar-refractivity contribution in [2.24, 2.45) is 0 Å². The average Bonchev–Trinajstić information content (AvgIpc) is 2.87. The summed E-state index contributed by atoms with van der Waals surface area (Å²) >= 11 is 0. The number of carbonyl (C=O) groups excluding carboxylic acids is 2. The minimum Gasteiger partial charge on any atom is -0.469 e. The van der Waals surface area contributed by atoms with Gasteiger partial charge in [0.05, 0.1) is 12.8 Å². The summed E-state index contributed by atoms with van der Waals surface area (Å²) in [6, 6.07) is 13.9. The second kappa shape index (κ2) is 17.8. The van der Waals surface area contributed by atoms with Crippen molar-refractivity contribution >= 4 is 28.5 Å². The number of anilines is 1. The Labute approximate surface area is 212 Å². The van der Waals surface area contributed by atoms with E-state index in [1.54, 1.807) is 0 Å². The molecule has 5 nitrogen and oxygen atoms in total. The smallest absolute Gasteiger partial charge is 0.411 e. The number of carbonyl (C=O) groups is 2. The molecule has 0 aliphatic rings. The first-order valence-corrected chi connectivity index (χ1v) is 13.7. The molecule has 1 unspecified atom stereocenters. The van der Waals surface area contributed by atoms with Crippen LogP contribution in [-0.2, 0) is 14.3 Å². The highest BCUT2D eigenvalue weighted by Crippen LogP contribution is 2.24. The molecule has 1 N–H and O–H groups in total. The van der Waals surface area contributed by atoms with E-state index in [0.717, 1.165) is 67.8 Å². The van der Waals surface area contributed by atoms with Crippen LogP contribution in [0.15, 0.2) is 42.5 Å². The molecule has 0 aliphatic carbocycles. The summed E-state index contributed by atoms with van der Waals surface area (Å²) in [6.07, 6.45) is 15.7. The van der Waals surface area contributed by atoms with Crippen LogP contribution in [0.5, 0.6) is 0 Å².